The van der Waals surface area contributed by atoms with Crippen molar-refractivity contribution in [2.45, 2.75) is 13.5 Å². The zero-order chi connectivity index (χ0) is 8.97. The first kappa shape index (κ1) is 9.06. The first-order valence-electron chi connectivity index (χ1n) is 3.63. The fourth-order valence-corrected chi connectivity index (χ4v) is 0.946. The van der Waals surface area contributed by atoms with Gasteiger partial charge in [0.2, 0.25) is 0 Å². The number of hydrogen-bond donors (Lipinski definition) is 1. The number of aliphatic imine (C=N–C) groups is 1. The lowest BCUT2D eigenvalue weighted by Crippen LogP contribution is -2.09. The lowest BCUT2D eigenvalue weighted by molar-refractivity contribution is 0.625. The normalized spacial score (nSPS) is 12.0. The molecule has 0 aliphatic heterocycles. The van der Waals surface area contributed by atoms with Gasteiger partial charge in [0.1, 0.15) is 0 Å². The number of nitrogens with two attached hydrogens (primary N) is 1. The maximum Gasteiger partial charge on any atom is 0.0906 e. The second kappa shape index (κ2) is 4.11. The van der Waals surface area contributed by atoms with Gasteiger partial charge in [-0.25, -0.2) is 0 Å². The fraction of sp³-hybridized carbons (Fsp3) is 0.429. The molecular formula is C7H11ClN4. The third-order valence-electron chi connectivity index (χ3n) is 1.29. The molecule has 5 heteroatoms. The topological polar surface area (TPSA) is 56.2 Å². The van der Waals surface area contributed by atoms with E-state index in [4.69, 9.17) is 17.3 Å². The summed E-state index contributed by atoms with van der Waals surface area (Å²) in [4.78, 5) is 4.02. The largest absolute Gasteiger partial charge is 0.388 e. The molecule has 0 bridgehead atoms. The second-order valence-corrected chi connectivity index (χ2v) is 2.88. The van der Waals surface area contributed by atoms with Crippen LogP contribution in [0.3, 0.4) is 0 Å². The van der Waals surface area contributed by atoms with E-state index in [1.807, 2.05) is 0 Å². The number of nitrogens with zero attached hydrogens (tertiary/aromatic N) is 3. The Bertz CT molecular complexity index is 275. The van der Waals surface area contributed by atoms with Crippen molar-refractivity contribution in [3.63, 3.8) is 0 Å². The summed E-state index contributed by atoms with van der Waals surface area (Å²) in [5.41, 5.74) is 5.36. The Hall–Kier alpha value is -1.03. The molecule has 0 aliphatic carbocycles. The van der Waals surface area contributed by atoms with E-state index in [9.17, 15) is 0 Å². The maximum atomic E-state index is 5.66. The number of halogens is 1. The standard InChI is InChI=1S/C7H11ClN4/c1-6(9)10-2-3-12-5-7(8)4-11-12/h4-5H,2-3H2,1H3,(H2,9,10). The summed E-state index contributed by atoms with van der Waals surface area (Å²) in [5, 5.41) is 4.63. The Morgan fingerprint density at radius 2 is 2.58 bits per heavy atom. The SMILES string of the molecule is CC(N)=NCCn1cc(Cl)cn1. The van der Waals surface area contributed by atoms with Gasteiger partial charge in [0.05, 0.1) is 30.1 Å². The van der Waals surface area contributed by atoms with E-state index in [2.05, 4.69) is 10.1 Å². The minimum absolute atomic E-state index is 0.591. The summed E-state index contributed by atoms with van der Waals surface area (Å²) in [7, 11) is 0. The van der Waals surface area contributed by atoms with Crippen molar-refractivity contribution in [2.24, 2.45) is 10.7 Å². The smallest absolute Gasteiger partial charge is 0.0906 e. The molecule has 0 aliphatic rings. The molecule has 4 nitrogen and oxygen atoms in total. The van der Waals surface area contributed by atoms with Crippen molar-refractivity contribution in [1.29, 1.82) is 0 Å². The molecule has 1 heterocycles. The molecular weight excluding hydrogens is 176 g/mol. The molecule has 2 N–H and O–H groups in total. The second-order valence-electron chi connectivity index (χ2n) is 2.44. The van der Waals surface area contributed by atoms with E-state index in [0.717, 1.165) is 0 Å². The van der Waals surface area contributed by atoms with Crippen LogP contribution >= 0.6 is 11.6 Å². The van der Waals surface area contributed by atoms with Gasteiger partial charge in [-0.3, -0.25) is 9.67 Å². The molecule has 1 aromatic rings. The minimum atomic E-state index is 0.591. The first-order valence-corrected chi connectivity index (χ1v) is 4.01. The van der Waals surface area contributed by atoms with Crippen LogP contribution < -0.4 is 5.73 Å². The minimum Gasteiger partial charge on any atom is -0.388 e. The summed E-state index contributed by atoms with van der Waals surface area (Å²) in [6.07, 6.45) is 3.35. The fourth-order valence-electron chi connectivity index (χ4n) is 0.789. The van der Waals surface area contributed by atoms with Crippen LogP contribution in [-0.2, 0) is 6.54 Å². The van der Waals surface area contributed by atoms with Crippen molar-refractivity contribution >= 4 is 17.4 Å². The van der Waals surface area contributed by atoms with Crippen LogP contribution in [0, 0.1) is 0 Å². The average Bonchev–Trinajstić information content (AvgIpc) is 2.35. The Morgan fingerprint density at radius 3 is 3.08 bits per heavy atom. The van der Waals surface area contributed by atoms with Gasteiger partial charge >= 0.3 is 0 Å². The molecule has 0 spiro atoms. The summed E-state index contributed by atoms with van der Waals surface area (Å²) >= 11 is 5.66. The third kappa shape index (κ3) is 2.92. The van der Waals surface area contributed by atoms with Crippen molar-refractivity contribution in [3.8, 4) is 0 Å². The molecule has 0 unspecified atom stereocenters. The third-order valence-corrected chi connectivity index (χ3v) is 1.49. The highest BCUT2D eigenvalue weighted by atomic mass is 35.5. The predicted octanol–water partition coefficient (Wildman–Crippen LogP) is 0.914. The zero-order valence-corrected chi connectivity index (χ0v) is 7.62. The lowest BCUT2D eigenvalue weighted by Gasteiger charge is -1.96. The monoisotopic (exact) mass is 186 g/mol. The molecule has 0 radical (unpaired) electrons. The van der Waals surface area contributed by atoms with Gasteiger partial charge in [0.25, 0.3) is 0 Å². The molecule has 66 valence electrons. The Kier molecular flexibility index (Phi) is 3.10. The molecule has 0 saturated carbocycles. The Morgan fingerprint density at radius 1 is 1.83 bits per heavy atom. The average molecular weight is 187 g/mol. The highest BCUT2D eigenvalue weighted by molar-refractivity contribution is 6.30. The Labute approximate surface area is 76.0 Å². The molecule has 12 heavy (non-hydrogen) atoms. The first-order chi connectivity index (χ1) is 5.68. The number of amidine groups is 1. The van der Waals surface area contributed by atoms with Gasteiger partial charge < -0.3 is 5.73 Å². The predicted molar refractivity (Wildman–Crippen MR) is 49.4 cm³/mol. The van der Waals surface area contributed by atoms with Crippen LogP contribution in [-0.4, -0.2) is 22.2 Å². The lowest BCUT2D eigenvalue weighted by atomic mass is 10.6. The highest BCUT2D eigenvalue weighted by Gasteiger charge is 1.93. The number of hydrogen-bond acceptors (Lipinski definition) is 2. The Balaban J connectivity index is 2.38. The van der Waals surface area contributed by atoms with E-state index in [0.29, 0.717) is 23.9 Å². The van der Waals surface area contributed by atoms with E-state index < -0.39 is 0 Å². The van der Waals surface area contributed by atoms with Crippen LogP contribution in [0.5, 0.6) is 0 Å². The van der Waals surface area contributed by atoms with E-state index >= 15 is 0 Å². The molecule has 0 atom stereocenters. The zero-order valence-electron chi connectivity index (χ0n) is 6.87. The molecule has 0 fully saturated rings. The van der Waals surface area contributed by atoms with Gasteiger partial charge in [-0.2, -0.15) is 5.10 Å². The van der Waals surface area contributed by atoms with Crippen LogP contribution in [0.4, 0.5) is 0 Å². The number of aromatic nitrogens is 2. The molecule has 0 saturated heterocycles. The highest BCUT2D eigenvalue weighted by Crippen LogP contribution is 2.03. The molecule has 0 amide bonds. The van der Waals surface area contributed by atoms with Crippen LogP contribution in [0.15, 0.2) is 17.4 Å². The van der Waals surface area contributed by atoms with Crippen molar-refractivity contribution in [2.75, 3.05) is 6.54 Å². The maximum absolute atomic E-state index is 5.66. The quantitative estimate of drug-likeness (QED) is 0.564. The van der Waals surface area contributed by atoms with Crippen molar-refractivity contribution in [3.05, 3.63) is 17.4 Å². The van der Waals surface area contributed by atoms with Gasteiger partial charge in [0, 0.05) is 6.20 Å². The van der Waals surface area contributed by atoms with Crippen LogP contribution in [0.2, 0.25) is 5.02 Å². The molecule has 1 aromatic heterocycles. The van der Waals surface area contributed by atoms with Gasteiger partial charge in [-0.05, 0) is 6.92 Å². The molecule has 1 rings (SSSR count). The van der Waals surface area contributed by atoms with E-state index in [1.165, 1.54) is 0 Å². The van der Waals surface area contributed by atoms with Gasteiger partial charge in [-0.1, -0.05) is 11.6 Å². The van der Waals surface area contributed by atoms with E-state index in [1.54, 1.807) is 24.0 Å². The summed E-state index contributed by atoms with van der Waals surface area (Å²) in [6, 6.07) is 0. The van der Waals surface area contributed by atoms with Crippen LogP contribution in [0.25, 0.3) is 0 Å². The van der Waals surface area contributed by atoms with Crippen LogP contribution in [0.1, 0.15) is 6.92 Å². The summed E-state index contributed by atoms with van der Waals surface area (Å²) < 4.78 is 1.73. The van der Waals surface area contributed by atoms with Gasteiger partial charge in [0.15, 0.2) is 0 Å². The van der Waals surface area contributed by atoms with Crippen molar-refractivity contribution < 1.29 is 0 Å². The summed E-state index contributed by atoms with van der Waals surface area (Å²) in [6.45, 7) is 3.11. The summed E-state index contributed by atoms with van der Waals surface area (Å²) in [5.74, 6) is 0.591. The van der Waals surface area contributed by atoms with Crippen molar-refractivity contribution in [1.82, 2.24) is 9.78 Å². The molecule has 0 aromatic carbocycles. The van der Waals surface area contributed by atoms with E-state index in [-0.39, 0.29) is 0 Å². The number of rotatable bonds is 3. The van der Waals surface area contributed by atoms with Gasteiger partial charge in [-0.15, -0.1) is 0 Å².